The van der Waals surface area contributed by atoms with Crippen molar-refractivity contribution >= 4 is 23.5 Å². The van der Waals surface area contributed by atoms with E-state index in [-0.39, 0.29) is 11.8 Å². The van der Waals surface area contributed by atoms with Crippen LogP contribution in [0.3, 0.4) is 0 Å². The minimum Gasteiger partial charge on any atom is -0.356 e. The number of hydrogen-bond donors (Lipinski definition) is 1. The Labute approximate surface area is 144 Å². The van der Waals surface area contributed by atoms with Crippen molar-refractivity contribution in [2.45, 2.75) is 19.8 Å². The number of pyridine rings is 1. The molecule has 1 unspecified atom stereocenters. The molecule has 0 radical (unpaired) electrons. The van der Waals surface area contributed by atoms with Gasteiger partial charge in [0.1, 0.15) is 5.82 Å². The minimum atomic E-state index is -0.110. The van der Waals surface area contributed by atoms with Crippen LogP contribution >= 0.6 is 0 Å². The normalized spacial score (nSPS) is 17.6. The molecule has 3 aromatic heterocycles. The van der Waals surface area contributed by atoms with Gasteiger partial charge >= 0.3 is 0 Å². The van der Waals surface area contributed by atoms with E-state index in [0.717, 1.165) is 30.9 Å². The van der Waals surface area contributed by atoms with Crippen molar-refractivity contribution in [1.29, 1.82) is 0 Å². The summed E-state index contributed by atoms with van der Waals surface area (Å²) in [5.74, 6) is 1.64. The molecule has 128 valence electrons. The standard InChI is InChI=1S/C17H19N7O/c1-12-7-10-24-16(19-12)21-22-17(24)20-15(25)13-5-4-9-23(11-13)14-6-2-3-8-18-14/h2-3,6-8,10,13H,4-5,9,11H2,1H3,(H,20,22,25). The van der Waals surface area contributed by atoms with Gasteiger partial charge < -0.3 is 4.90 Å². The van der Waals surface area contributed by atoms with E-state index < -0.39 is 0 Å². The molecule has 0 aliphatic carbocycles. The Morgan fingerprint density at radius 3 is 3.04 bits per heavy atom. The monoisotopic (exact) mass is 337 g/mol. The van der Waals surface area contributed by atoms with Gasteiger partial charge in [0.2, 0.25) is 11.9 Å². The molecular weight excluding hydrogens is 318 g/mol. The average molecular weight is 337 g/mol. The van der Waals surface area contributed by atoms with Gasteiger partial charge in [-0.15, -0.1) is 10.2 Å². The maximum absolute atomic E-state index is 12.7. The number of rotatable bonds is 3. The summed E-state index contributed by atoms with van der Waals surface area (Å²) in [5, 5.41) is 10.9. The van der Waals surface area contributed by atoms with Crippen molar-refractivity contribution in [1.82, 2.24) is 24.6 Å². The summed E-state index contributed by atoms with van der Waals surface area (Å²) in [7, 11) is 0. The maximum atomic E-state index is 12.7. The molecule has 8 heteroatoms. The Morgan fingerprint density at radius 2 is 2.20 bits per heavy atom. The number of nitrogens with one attached hydrogen (secondary N) is 1. The number of carbonyl (C=O) groups is 1. The van der Waals surface area contributed by atoms with Crippen molar-refractivity contribution in [3.63, 3.8) is 0 Å². The quantitative estimate of drug-likeness (QED) is 0.782. The number of nitrogens with zero attached hydrogens (tertiary/aromatic N) is 6. The molecule has 1 N–H and O–H groups in total. The second-order valence-corrected chi connectivity index (χ2v) is 6.22. The fraction of sp³-hybridized carbons (Fsp3) is 0.353. The zero-order valence-corrected chi connectivity index (χ0v) is 14.0. The molecule has 1 atom stereocenters. The lowest BCUT2D eigenvalue weighted by atomic mass is 9.97. The molecule has 3 aromatic rings. The summed E-state index contributed by atoms with van der Waals surface area (Å²) in [5.41, 5.74) is 0.857. The van der Waals surface area contributed by atoms with E-state index in [9.17, 15) is 4.79 Å². The molecule has 4 rings (SSSR count). The first-order chi connectivity index (χ1) is 12.2. The molecule has 0 aromatic carbocycles. The van der Waals surface area contributed by atoms with Gasteiger partial charge in [0.15, 0.2) is 0 Å². The summed E-state index contributed by atoms with van der Waals surface area (Å²) in [6.07, 6.45) is 5.39. The lowest BCUT2D eigenvalue weighted by molar-refractivity contribution is -0.120. The highest BCUT2D eigenvalue weighted by molar-refractivity contribution is 5.91. The minimum absolute atomic E-state index is 0.0458. The van der Waals surface area contributed by atoms with E-state index in [0.29, 0.717) is 18.3 Å². The van der Waals surface area contributed by atoms with Crippen LogP contribution in [0.1, 0.15) is 18.5 Å². The second-order valence-electron chi connectivity index (χ2n) is 6.22. The van der Waals surface area contributed by atoms with E-state index in [1.807, 2.05) is 37.4 Å². The third kappa shape index (κ3) is 3.15. The van der Waals surface area contributed by atoms with Crippen molar-refractivity contribution in [2.75, 3.05) is 23.3 Å². The van der Waals surface area contributed by atoms with E-state index >= 15 is 0 Å². The van der Waals surface area contributed by atoms with Crippen LogP contribution in [0.4, 0.5) is 11.8 Å². The van der Waals surface area contributed by atoms with Gasteiger partial charge in [-0.25, -0.2) is 9.97 Å². The highest BCUT2D eigenvalue weighted by Crippen LogP contribution is 2.22. The third-order valence-corrected chi connectivity index (χ3v) is 4.42. The van der Waals surface area contributed by atoms with Gasteiger partial charge in [-0.2, -0.15) is 0 Å². The number of fused-ring (bicyclic) bond motifs is 1. The number of piperidine rings is 1. The van der Waals surface area contributed by atoms with Crippen LogP contribution in [0.25, 0.3) is 5.78 Å². The number of hydrogen-bond acceptors (Lipinski definition) is 6. The van der Waals surface area contributed by atoms with Gasteiger partial charge in [-0.3, -0.25) is 14.5 Å². The van der Waals surface area contributed by atoms with Gasteiger partial charge in [-0.1, -0.05) is 6.07 Å². The van der Waals surface area contributed by atoms with Gasteiger partial charge in [0, 0.05) is 31.2 Å². The molecule has 0 bridgehead atoms. The van der Waals surface area contributed by atoms with Crippen molar-refractivity contribution < 1.29 is 4.79 Å². The van der Waals surface area contributed by atoms with Crippen LogP contribution in [0.15, 0.2) is 36.7 Å². The predicted molar refractivity (Wildman–Crippen MR) is 93.3 cm³/mol. The molecule has 1 aliphatic heterocycles. The Kier molecular flexibility index (Phi) is 4.01. The van der Waals surface area contributed by atoms with E-state index in [2.05, 4.69) is 30.4 Å². The molecule has 25 heavy (non-hydrogen) atoms. The predicted octanol–water partition coefficient (Wildman–Crippen LogP) is 1.68. The van der Waals surface area contributed by atoms with Gasteiger partial charge in [0.25, 0.3) is 5.78 Å². The number of carbonyl (C=O) groups excluding carboxylic acids is 1. The van der Waals surface area contributed by atoms with Crippen LogP contribution in [0, 0.1) is 12.8 Å². The highest BCUT2D eigenvalue weighted by atomic mass is 16.2. The second kappa shape index (κ2) is 6.46. The smallest absolute Gasteiger partial charge is 0.256 e. The highest BCUT2D eigenvalue weighted by Gasteiger charge is 2.27. The van der Waals surface area contributed by atoms with Gasteiger partial charge in [0.05, 0.1) is 5.92 Å². The summed E-state index contributed by atoms with van der Waals surface area (Å²) in [6.45, 7) is 3.45. The first-order valence-electron chi connectivity index (χ1n) is 8.36. The molecule has 1 aliphatic rings. The van der Waals surface area contributed by atoms with Crippen LogP contribution in [-0.2, 0) is 4.79 Å². The van der Waals surface area contributed by atoms with Crippen LogP contribution in [0.5, 0.6) is 0 Å². The molecule has 1 amide bonds. The fourth-order valence-electron chi connectivity index (χ4n) is 3.11. The first-order valence-corrected chi connectivity index (χ1v) is 8.36. The molecular formula is C17H19N7O. The molecule has 0 spiro atoms. The Morgan fingerprint density at radius 1 is 1.28 bits per heavy atom. The van der Waals surface area contributed by atoms with Crippen molar-refractivity contribution in [3.8, 4) is 0 Å². The fourth-order valence-corrected chi connectivity index (χ4v) is 3.11. The summed E-state index contributed by atoms with van der Waals surface area (Å²) < 4.78 is 1.68. The zero-order valence-electron chi connectivity index (χ0n) is 14.0. The maximum Gasteiger partial charge on any atom is 0.256 e. The molecule has 4 heterocycles. The van der Waals surface area contributed by atoms with E-state index in [4.69, 9.17) is 0 Å². The van der Waals surface area contributed by atoms with Crippen LogP contribution in [-0.4, -0.2) is 43.6 Å². The Balaban J connectivity index is 1.48. The topological polar surface area (TPSA) is 88.3 Å². The SMILES string of the molecule is Cc1ccn2c(NC(=O)C3CCCN(c4ccccn4)C3)nnc2n1. The molecule has 8 nitrogen and oxygen atoms in total. The van der Waals surface area contributed by atoms with E-state index in [1.54, 1.807) is 10.6 Å². The summed E-state index contributed by atoms with van der Waals surface area (Å²) >= 11 is 0. The van der Waals surface area contributed by atoms with Crippen LogP contribution < -0.4 is 10.2 Å². The Bertz CT molecular complexity index is 892. The largest absolute Gasteiger partial charge is 0.356 e. The number of aromatic nitrogens is 5. The lowest BCUT2D eigenvalue weighted by Gasteiger charge is -2.32. The average Bonchev–Trinajstić information content (AvgIpc) is 3.04. The summed E-state index contributed by atoms with van der Waals surface area (Å²) in [4.78, 5) is 23.5. The third-order valence-electron chi connectivity index (χ3n) is 4.42. The van der Waals surface area contributed by atoms with Crippen molar-refractivity contribution in [2.24, 2.45) is 5.92 Å². The number of amides is 1. The number of aryl methyl sites for hydroxylation is 1. The Hall–Kier alpha value is -3.03. The number of anilines is 2. The van der Waals surface area contributed by atoms with Gasteiger partial charge in [-0.05, 0) is 38.0 Å². The first kappa shape index (κ1) is 15.5. The molecule has 1 saturated heterocycles. The molecule has 1 fully saturated rings. The molecule has 0 saturated carbocycles. The van der Waals surface area contributed by atoms with E-state index in [1.165, 1.54) is 0 Å². The lowest BCUT2D eigenvalue weighted by Crippen LogP contribution is -2.41. The van der Waals surface area contributed by atoms with Crippen molar-refractivity contribution in [3.05, 3.63) is 42.4 Å². The summed E-state index contributed by atoms with van der Waals surface area (Å²) in [6, 6.07) is 7.68. The van der Waals surface area contributed by atoms with Crippen LogP contribution in [0.2, 0.25) is 0 Å². The zero-order chi connectivity index (χ0) is 17.2.